The Morgan fingerprint density at radius 2 is 1.70 bits per heavy atom. The van der Waals surface area contributed by atoms with Crippen LogP contribution in [0.3, 0.4) is 0 Å². The lowest BCUT2D eigenvalue weighted by Crippen LogP contribution is -2.34. The van der Waals surface area contributed by atoms with E-state index in [9.17, 15) is 27.5 Å². The quantitative estimate of drug-likeness (QED) is 0.647. The van der Waals surface area contributed by atoms with E-state index in [2.05, 4.69) is 0 Å². The molecule has 0 bridgehead atoms. The van der Waals surface area contributed by atoms with Gasteiger partial charge in [0.1, 0.15) is 5.56 Å². The first-order valence-corrected chi connectivity index (χ1v) is 6.03. The van der Waals surface area contributed by atoms with Crippen LogP contribution in [0.5, 0.6) is 0 Å². The molecule has 0 aliphatic carbocycles. The van der Waals surface area contributed by atoms with Gasteiger partial charge in [0.15, 0.2) is 23.3 Å². The Morgan fingerprint density at radius 3 is 2.15 bits per heavy atom. The van der Waals surface area contributed by atoms with Crippen LogP contribution in [-0.4, -0.2) is 23.7 Å². The average Bonchev–Trinajstić information content (AvgIpc) is 2.33. The summed E-state index contributed by atoms with van der Waals surface area (Å²) < 4.78 is 52.5. The lowest BCUT2D eigenvalue weighted by Gasteiger charge is -2.14. The molecule has 112 valence electrons. The van der Waals surface area contributed by atoms with E-state index in [1.807, 2.05) is 19.2 Å². The lowest BCUT2D eigenvalue weighted by molar-refractivity contribution is 0.0889. The highest BCUT2D eigenvalue weighted by Crippen LogP contribution is 2.19. The van der Waals surface area contributed by atoms with Gasteiger partial charge in [-0.1, -0.05) is 13.8 Å². The number of benzene rings is 1. The minimum Gasteiger partial charge on any atom is -0.391 e. The van der Waals surface area contributed by atoms with Crippen molar-refractivity contribution in [2.45, 2.75) is 26.4 Å². The van der Waals surface area contributed by atoms with Crippen LogP contribution in [0.25, 0.3) is 0 Å². The van der Waals surface area contributed by atoms with Crippen molar-refractivity contribution >= 4 is 5.91 Å². The molecule has 0 spiro atoms. The van der Waals surface area contributed by atoms with E-state index in [1.165, 1.54) is 0 Å². The number of carbonyl (C=O) groups excluding carboxylic acids is 1. The molecule has 1 rings (SSSR count). The van der Waals surface area contributed by atoms with Gasteiger partial charge in [0, 0.05) is 12.6 Å². The van der Waals surface area contributed by atoms with Crippen molar-refractivity contribution in [3.8, 4) is 0 Å². The maximum absolute atomic E-state index is 13.3. The molecule has 0 heterocycles. The Bertz CT molecular complexity index is 479. The van der Waals surface area contributed by atoms with E-state index < -0.39 is 40.8 Å². The monoisotopic (exact) mass is 293 g/mol. The van der Waals surface area contributed by atoms with Gasteiger partial charge in [-0.25, -0.2) is 17.6 Å². The van der Waals surface area contributed by atoms with Crippen LogP contribution in [0.2, 0.25) is 0 Å². The molecule has 0 radical (unpaired) electrons. The highest BCUT2D eigenvalue weighted by Gasteiger charge is 2.25. The second-order valence-electron chi connectivity index (χ2n) is 4.84. The molecule has 1 amide bonds. The molecule has 1 unspecified atom stereocenters. The molecule has 1 atom stereocenters. The van der Waals surface area contributed by atoms with Gasteiger partial charge in [-0.05, 0) is 12.3 Å². The highest BCUT2D eigenvalue weighted by molar-refractivity contribution is 5.94. The Balaban J connectivity index is 2.83. The molecule has 1 aromatic carbocycles. The first-order chi connectivity index (χ1) is 9.23. The van der Waals surface area contributed by atoms with Crippen LogP contribution >= 0.6 is 0 Å². The molecular weight excluding hydrogens is 278 g/mol. The van der Waals surface area contributed by atoms with E-state index in [0.717, 1.165) is 0 Å². The molecule has 0 aromatic heterocycles. The largest absolute Gasteiger partial charge is 0.391 e. The Labute approximate surface area is 113 Å². The van der Waals surface area contributed by atoms with Gasteiger partial charge < -0.3 is 10.4 Å². The van der Waals surface area contributed by atoms with Gasteiger partial charge >= 0.3 is 0 Å². The van der Waals surface area contributed by atoms with Gasteiger partial charge in [0.25, 0.3) is 5.91 Å². The van der Waals surface area contributed by atoms with Crippen molar-refractivity contribution in [1.82, 2.24) is 5.32 Å². The maximum Gasteiger partial charge on any atom is 0.257 e. The molecule has 0 aliphatic heterocycles. The number of rotatable bonds is 5. The van der Waals surface area contributed by atoms with Crippen molar-refractivity contribution in [2.24, 2.45) is 5.92 Å². The van der Waals surface area contributed by atoms with E-state index in [4.69, 9.17) is 0 Å². The van der Waals surface area contributed by atoms with E-state index in [-0.39, 0.29) is 18.5 Å². The summed E-state index contributed by atoms with van der Waals surface area (Å²) in [5.41, 5.74) is -1.33. The Kier molecular flexibility index (Phi) is 5.50. The molecule has 7 heteroatoms. The van der Waals surface area contributed by atoms with Crippen LogP contribution in [0.1, 0.15) is 30.6 Å². The number of carbonyl (C=O) groups is 1. The molecule has 20 heavy (non-hydrogen) atoms. The zero-order valence-electron chi connectivity index (χ0n) is 11.0. The van der Waals surface area contributed by atoms with E-state index >= 15 is 0 Å². The van der Waals surface area contributed by atoms with Crippen LogP contribution < -0.4 is 5.32 Å². The maximum atomic E-state index is 13.3. The summed E-state index contributed by atoms with van der Waals surface area (Å²) >= 11 is 0. The van der Waals surface area contributed by atoms with Gasteiger partial charge in [0.2, 0.25) is 0 Å². The summed E-state index contributed by atoms with van der Waals surface area (Å²) in [6.45, 7) is 3.41. The summed E-state index contributed by atoms with van der Waals surface area (Å²) in [6.07, 6.45) is -0.550. The highest BCUT2D eigenvalue weighted by atomic mass is 19.2. The van der Waals surface area contributed by atoms with Crippen LogP contribution in [-0.2, 0) is 0 Å². The third kappa shape index (κ3) is 3.93. The smallest absolute Gasteiger partial charge is 0.257 e. The number of aliphatic hydroxyl groups is 1. The number of halogens is 4. The van der Waals surface area contributed by atoms with E-state index in [1.54, 1.807) is 0 Å². The number of nitrogens with one attached hydrogen (secondary N) is 1. The van der Waals surface area contributed by atoms with Crippen molar-refractivity contribution in [3.63, 3.8) is 0 Å². The zero-order chi connectivity index (χ0) is 15.4. The lowest BCUT2D eigenvalue weighted by atomic mass is 10.1. The number of hydrogen-bond acceptors (Lipinski definition) is 2. The molecule has 0 fully saturated rings. The second kappa shape index (κ2) is 6.69. The number of aliphatic hydroxyl groups excluding tert-OH is 1. The van der Waals surface area contributed by atoms with Gasteiger partial charge in [0.05, 0.1) is 6.10 Å². The van der Waals surface area contributed by atoms with Crippen molar-refractivity contribution in [3.05, 3.63) is 34.9 Å². The van der Waals surface area contributed by atoms with Crippen molar-refractivity contribution in [2.75, 3.05) is 6.54 Å². The molecule has 1 aromatic rings. The van der Waals surface area contributed by atoms with Crippen LogP contribution in [0.4, 0.5) is 17.6 Å². The van der Waals surface area contributed by atoms with Gasteiger partial charge in [-0.15, -0.1) is 0 Å². The third-order valence-corrected chi connectivity index (χ3v) is 2.58. The Hall–Kier alpha value is -1.63. The number of hydrogen-bond donors (Lipinski definition) is 2. The topological polar surface area (TPSA) is 49.3 Å². The fourth-order valence-electron chi connectivity index (χ4n) is 1.70. The average molecular weight is 293 g/mol. The summed E-state index contributed by atoms with van der Waals surface area (Å²) in [4.78, 5) is 11.5. The van der Waals surface area contributed by atoms with Crippen LogP contribution in [0, 0.1) is 29.2 Å². The van der Waals surface area contributed by atoms with Crippen LogP contribution in [0.15, 0.2) is 6.07 Å². The predicted molar refractivity (Wildman–Crippen MR) is 64.1 cm³/mol. The summed E-state index contributed by atoms with van der Waals surface area (Å²) in [5, 5.41) is 11.6. The Morgan fingerprint density at radius 1 is 1.20 bits per heavy atom. The second-order valence-corrected chi connectivity index (χ2v) is 4.84. The minimum absolute atomic E-state index is 0.0229. The SMILES string of the molecule is CC(C)CC(O)CNC(=O)c1c(F)c(F)cc(F)c1F. The van der Waals surface area contributed by atoms with Gasteiger partial charge in [-0.3, -0.25) is 4.79 Å². The molecule has 0 saturated carbocycles. The van der Waals surface area contributed by atoms with E-state index in [0.29, 0.717) is 6.42 Å². The van der Waals surface area contributed by atoms with Gasteiger partial charge in [-0.2, -0.15) is 0 Å². The molecule has 0 saturated heterocycles. The summed E-state index contributed by atoms with van der Waals surface area (Å²) in [5.74, 6) is -8.00. The summed E-state index contributed by atoms with van der Waals surface area (Å²) in [6, 6.07) is 0.0229. The molecule has 3 nitrogen and oxygen atoms in total. The standard InChI is InChI=1S/C13H15F4NO2/c1-6(2)3-7(19)5-18-13(20)10-11(16)8(14)4-9(15)12(10)17/h4,6-7,19H,3,5H2,1-2H3,(H,18,20). The third-order valence-electron chi connectivity index (χ3n) is 2.58. The fraction of sp³-hybridized carbons (Fsp3) is 0.462. The fourth-order valence-corrected chi connectivity index (χ4v) is 1.70. The van der Waals surface area contributed by atoms with Crippen molar-refractivity contribution < 1.29 is 27.5 Å². The zero-order valence-corrected chi connectivity index (χ0v) is 11.0. The number of amides is 1. The predicted octanol–water partition coefficient (Wildman–Crippen LogP) is 2.38. The molecule has 2 N–H and O–H groups in total. The molecule has 0 aliphatic rings. The first-order valence-electron chi connectivity index (χ1n) is 6.03. The van der Waals surface area contributed by atoms with Crippen molar-refractivity contribution in [1.29, 1.82) is 0 Å². The summed E-state index contributed by atoms with van der Waals surface area (Å²) in [7, 11) is 0. The normalized spacial score (nSPS) is 12.6. The molecular formula is C13H15F4NO2. The first kappa shape index (κ1) is 16.4. The minimum atomic E-state index is -1.76.